The van der Waals surface area contributed by atoms with Gasteiger partial charge in [-0.1, -0.05) is 13.3 Å². The molecule has 0 radical (unpaired) electrons. The first kappa shape index (κ1) is 16.3. The molecule has 7 nitrogen and oxygen atoms in total. The first-order valence-electron chi connectivity index (χ1n) is 6.94. The molecule has 7 heteroatoms. The molecule has 0 aromatic rings. The molecule has 1 rings (SSSR count). The number of nitrogens with two attached hydrogens (primary N) is 1. The molecule has 1 aliphatic rings. The molecule has 1 aliphatic carbocycles. The highest BCUT2D eigenvalue weighted by atomic mass is 16.4. The Morgan fingerprint density at radius 2 is 2.00 bits per heavy atom. The molecule has 0 bridgehead atoms. The summed E-state index contributed by atoms with van der Waals surface area (Å²) in [6.45, 7) is 2.67. The second-order valence-corrected chi connectivity index (χ2v) is 5.47. The van der Waals surface area contributed by atoms with E-state index in [0.717, 1.165) is 25.7 Å². The van der Waals surface area contributed by atoms with E-state index in [1.54, 1.807) is 0 Å². The lowest BCUT2D eigenvalue weighted by Crippen LogP contribution is -2.47. The zero-order valence-electron chi connectivity index (χ0n) is 11.8. The van der Waals surface area contributed by atoms with E-state index in [1.165, 1.54) is 0 Å². The number of nitrogens with one attached hydrogen (secondary N) is 2. The van der Waals surface area contributed by atoms with Gasteiger partial charge < -0.3 is 21.5 Å². The van der Waals surface area contributed by atoms with Crippen molar-refractivity contribution < 1.29 is 19.5 Å². The fraction of sp³-hybridized carbons (Fsp3) is 0.769. The molecule has 1 saturated carbocycles. The van der Waals surface area contributed by atoms with Gasteiger partial charge in [0, 0.05) is 13.0 Å². The van der Waals surface area contributed by atoms with Crippen molar-refractivity contribution in [2.75, 3.05) is 6.54 Å². The molecule has 0 aliphatic heterocycles. The summed E-state index contributed by atoms with van der Waals surface area (Å²) in [5.41, 5.74) is 5.18. The van der Waals surface area contributed by atoms with Crippen LogP contribution < -0.4 is 16.4 Å². The van der Waals surface area contributed by atoms with E-state index in [4.69, 9.17) is 10.8 Å². The first-order valence-corrected chi connectivity index (χ1v) is 6.94. The number of hydrogen-bond acceptors (Lipinski definition) is 3. The van der Waals surface area contributed by atoms with Crippen LogP contribution in [0.15, 0.2) is 0 Å². The van der Waals surface area contributed by atoms with Gasteiger partial charge in [0.1, 0.15) is 6.04 Å². The normalized spacial score (nSPS) is 17.1. The van der Waals surface area contributed by atoms with Gasteiger partial charge in [-0.15, -0.1) is 0 Å². The van der Waals surface area contributed by atoms with Crippen LogP contribution in [0.5, 0.6) is 0 Å². The van der Waals surface area contributed by atoms with Gasteiger partial charge in [0.25, 0.3) is 0 Å². The Labute approximate surface area is 118 Å². The fourth-order valence-corrected chi connectivity index (χ4v) is 2.24. The lowest BCUT2D eigenvalue weighted by Gasteiger charge is -2.18. The first-order chi connectivity index (χ1) is 9.38. The van der Waals surface area contributed by atoms with E-state index in [-0.39, 0.29) is 18.3 Å². The highest BCUT2D eigenvalue weighted by Gasteiger charge is 2.41. The topological polar surface area (TPSA) is 122 Å². The molecule has 1 atom stereocenters. The number of carboxylic acids is 1. The van der Waals surface area contributed by atoms with Crippen LogP contribution in [0.2, 0.25) is 0 Å². The molecular weight excluding hydrogens is 262 g/mol. The number of carbonyl (C=O) groups is 3. The molecule has 1 fully saturated rings. The zero-order valence-corrected chi connectivity index (χ0v) is 11.8. The summed E-state index contributed by atoms with van der Waals surface area (Å²) in [5, 5.41) is 14.0. The molecule has 20 heavy (non-hydrogen) atoms. The lowest BCUT2D eigenvalue weighted by atomic mass is 10.0. The van der Waals surface area contributed by atoms with Crippen LogP contribution in [0.1, 0.15) is 45.4 Å². The maximum atomic E-state index is 11.7. The summed E-state index contributed by atoms with van der Waals surface area (Å²) < 4.78 is 0. The van der Waals surface area contributed by atoms with Gasteiger partial charge in [0.15, 0.2) is 0 Å². The van der Waals surface area contributed by atoms with Crippen LogP contribution in [0, 0.1) is 5.41 Å². The Morgan fingerprint density at radius 1 is 1.35 bits per heavy atom. The molecule has 0 unspecified atom stereocenters. The molecule has 0 aromatic carbocycles. The molecule has 0 aromatic heterocycles. The van der Waals surface area contributed by atoms with Crippen LogP contribution in [0.4, 0.5) is 4.79 Å². The van der Waals surface area contributed by atoms with Gasteiger partial charge in [-0.05, 0) is 31.1 Å². The predicted molar refractivity (Wildman–Crippen MR) is 73.0 cm³/mol. The fourth-order valence-electron chi connectivity index (χ4n) is 2.24. The zero-order chi connectivity index (χ0) is 15.2. The van der Waals surface area contributed by atoms with E-state index in [2.05, 4.69) is 17.6 Å². The summed E-state index contributed by atoms with van der Waals surface area (Å²) in [7, 11) is 0. The number of primary amides is 1. The summed E-state index contributed by atoms with van der Waals surface area (Å²) in [6.07, 6.45) is 4.27. The van der Waals surface area contributed by atoms with Crippen molar-refractivity contribution in [3.8, 4) is 0 Å². The third-order valence-electron chi connectivity index (χ3n) is 3.64. The minimum absolute atomic E-state index is 0.00180. The van der Waals surface area contributed by atoms with Gasteiger partial charge in [0.05, 0.1) is 0 Å². The second kappa shape index (κ2) is 7.12. The maximum Gasteiger partial charge on any atom is 0.326 e. The quantitative estimate of drug-likeness (QED) is 0.495. The molecule has 5 N–H and O–H groups in total. The second-order valence-electron chi connectivity index (χ2n) is 5.47. The third-order valence-corrected chi connectivity index (χ3v) is 3.64. The smallest absolute Gasteiger partial charge is 0.326 e. The predicted octanol–water partition coefficient (Wildman–Crippen LogP) is 0.585. The molecule has 114 valence electrons. The van der Waals surface area contributed by atoms with Crippen LogP contribution in [-0.2, 0) is 9.59 Å². The van der Waals surface area contributed by atoms with Crippen LogP contribution in [0.25, 0.3) is 0 Å². The van der Waals surface area contributed by atoms with E-state index < -0.39 is 23.9 Å². The number of aliphatic carboxylic acids is 1. The average molecular weight is 285 g/mol. The van der Waals surface area contributed by atoms with Crippen molar-refractivity contribution in [1.82, 2.24) is 10.6 Å². The maximum absolute atomic E-state index is 11.7. The number of carboxylic acid groups (broad SMARTS) is 1. The summed E-state index contributed by atoms with van der Waals surface area (Å²) in [6, 6.07) is -1.60. The van der Waals surface area contributed by atoms with Gasteiger partial charge in [-0.2, -0.15) is 0 Å². The van der Waals surface area contributed by atoms with Gasteiger partial charge in [0.2, 0.25) is 5.91 Å². The van der Waals surface area contributed by atoms with E-state index >= 15 is 0 Å². The molecule has 3 amide bonds. The Balaban J connectivity index is 2.34. The minimum Gasteiger partial charge on any atom is -0.480 e. The summed E-state index contributed by atoms with van der Waals surface area (Å²) in [5.74, 6) is -1.76. The van der Waals surface area contributed by atoms with Gasteiger partial charge >= 0.3 is 12.0 Å². The standard InChI is InChI=1S/C13H23N3O4/c1-2-5-13(6-7-13)8-15-12(20)16-9(11(18)19)3-4-10(14)17/h9H,2-8H2,1H3,(H2,14,17)(H,18,19)(H2,15,16,20)/t9-/m1/s1. The van der Waals surface area contributed by atoms with E-state index in [1.807, 2.05) is 0 Å². The van der Waals surface area contributed by atoms with Crippen molar-refractivity contribution in [3.05, 3.63) is 0 Å². The van der Waals surface area contributed by atoms with Crippen molar-refractivity contribution in [2.24, 2.45) is 11.1 Å². The highest BCUT2D eigenvalue weighted by Crippen LogP contribution is 2.48. The lowest BCUT2D eigenvalue weighted by molar-refractivity contribution is -0.139. The van der Waals surface area contributed by atoms with Crippen molar-refractivity contribution in [3.63, 3.8) is 0 Å². The van der Waals surface area contributed by atoms with Crippen molar-refractivity contribution in [1.29, 1.82) is 0 Å². The van der Waals surface area contributed by atoms with Gasteiger partial charge in [-0.3, -0.25) is 4.79 Å². The highest BCUT2D eigenvalue weighted by molar-refractivity contribution is 5.83. The molecule has 0 heterocycles. The number of rotatable bonds is 9. The molecular formula is C13H23N3O4. The summed E-state index contributed by atoms with van der Waals surface area (Å²) in [4.78, 5) is 33.3. The Kier molecular flexibility index (Phi) is 5.79. The number of hydrogen-bond donors (Lipinski definition) is 4. The van der Waals surface area contributed by atoms with Crippen LogP contribution in [-0.4, -0.2) is 35.6 Å². The van der Waals surface area contributed by atoms with Crippen molar-refractivity contribution >= 4 is 17.9 Å². The van der Waals surface area contributed by atoms with Gasteiger partial charge in [-0.25, -0.2) is 9.59 Å². The molecule has 0 saturated heterocycles. The summed E-state index contributed by atoms with van der Waals surface area (Å²) >= 11 is 0. The number of amides is 3. The minimum atomic E-state index is -1.17. The molecule has 0 spiro atoms. The van der Waals surface area contributed by atoms with Crippen LogP contribution >= 0.6 is 0 Å². The third kappa shape index (κ3) is 5.46. The van der Waals surface area contributed by atoms with Crippen LogP contribution in [0.3, 0.4) is 0 Å². The number of carbonyl (C=O) groups excluding carboxylic acids is 2. The van der Waals surface area contributed by atoms with Crippen molar-refractivity contribution in [2.45, 2.75) is 51.5 Å². The Morgan fingerprint density at radius 3 is 2.45 bits per heavy atom. The largest absolute Gasteiger partial charge is 0.480 e. The monoisotopic (exact) mass is 285 g/mol. The number of urea groups is 1. The van der Waals surface area contributed by atoms with E-state index in [0.29, 0.717) is 6.54 Å². The SMILES string of the molecule is CCCC1(CNC(=O)N[C@H](CCC(N)=O)C(=O)O)CC1. The Hall–Kier alpha value is -1.79. The van der Waals surface area contributed by atoms with E-state index in [9.17, 15) is 14.4 Å². The Bertz CT molecular complexity index is 380. The average Bonchev–Trinajstić information content (AvgIpc) is 3.12.